The quantitative estimate of drug-likeness (QED) is 0.752. The third-order valence-electron chi connectivity index (χ3n) is 3.09. The van der Waals surface area contributed by atoms with Gasteiger partial charge in [-0.05, 0) is 30.5 Å². The Bertz CT molecular complexity index is 447. The predicted molar refractivity (Wildman–Crippen MR) is 75.4 cm³/mol. The Kier molecular flexibility index (Phi) is 5.05. The molecular weight excluding hydrogens is 264 g/mol. The van der Waals surface area contributed by atoms with Crippen molar-refractivity contribution in [2.24, 2.45) is 5.92 Å². The van der Waals surface area contributed by atoms with Crippen molar-refractivity contribution >= 4 is 17.5 Å². The molecule has 2 N–H and O–H groups in total. The molecule has 1 aliphatic rings. The monoisotopic (exact) mass is 282 g/mol. The van der Waals surface area contributed by atoms with Crippen LogP contribution in [-0.2, 0) is 11.3 Å². The molecule has 0 aromatic heterocycles. The average Bonchev–Trinajstić information content (AvgIpc) is 3.22. The average molecular weight is 283 g/mol. The highest BCUT2D eigenvalue weighted by molar-refractivity contribution is 6.32. The molecule has 0 aliphatic heterocycles. The standard InChI is InChI=1S/C14H19ClN2O2/c1-19-13-5-2-10(8-12(13)15)9-16-6-7-17-14(18)11-3-4-11/h2,5,8,11,16H,3-4,6-7,9H2,1H3,(H,17,18). The minimum absolute atomic E-state index is 0.189. The fourth-order valence-electron chi connectivity index (χ4n) is 1.82. The van der Waals surface area contributed by atoms with E-state index >= 15 is 0 Å². The highest BCUT2D eigenvalue weighted by Crippen LogP contribution is 2.28. The van der Waals surface area contributed by atoms with Crippen molar-refractivity contribution in [1.82, 2.24) is 10.6 Å². The van der Waals surface area contributed by atoms with Crippen molar-refractivity contribution in [3.63, 3.8) is 0 Å². The summed E-state index contributed by atoms with van der Waals surface area (Å²) in [6, 6.07) is 5.71. The molecule has 0 heterocycles. The van der Waals surface area contributed by atoms with Crippen LogP contribution in [0.5, 0.6) is 5.75 Å². The summed E-state index contributed by atoms with van der Waals surface area (Å²) < 4.78 is 5.10. The Hall–Kier alpha value is -1.26. The van der Waals surface area contributed by atoms with E-state index in [0.29, 0.717) is 17.3 Å². The number of halogens is 1. The molecule has 0 bridgehead atoms. The first kappa shape index (κ1) is 14.2. The number of amides is 1. The number of ether oxygens (including phenoxy) is 1. The maximum Gasteiger partial charge on any atom is 0.223 e. The highest BCUT2D eigenvalue weighted by Gasteiger charge is 2.28. The van der Waals surface area contributed by atoms with Crippen molar-refractivity contribution in [1.29, 1.82) is 0 Å². The fraction of sp³-hybridized carbons (Fsp3) is 0.500. The second-order valence-electron chi connectivity index (χ2n) is 4.71. The summed E-state index contributed by atoms with van der Waals surface area (Å²) in [7, 11) is 1.60. The lowest BCUT2D eigenvalue weighted by atomic mass is 10.2. The summed E-state index contributed by atoms with van der Waals surface area (Å²) in [6.07, 6.45) is 2.09. The maximum atomic E-state index is 11.4. The molecule has 1 aromatic rings. The van der Waals surface area contributed by atoms with E-state index in [1.165, 1.54) is 0 Å². The van der Waals surface area contributed by atoms with E-state index in [2.05, 4.69) is 10.6 Å². The van der Waals surface area contributed by atoms with Gasteiger partial charge in [-0.1, -0.05) is 17.7 Å². The van der Waals surface area contributed by atoms with E-state index in [1.807, 2.05) is 18.2 Å². The Balaban J connectivity index is 1.64. The Morgan fingerprint density at radius 3 is 2.84 bits per heavy atom. The molecule has 1 aliphatic carbocycles. The van der Waals surface area contributed by atoms with E-state index in [1.54, 1.807) is 7.11 Å². The van der Waals surface area contributed by atoms with Gasteiger partial charge in [-0.25, -0.2) is 0 Å². The minimum atomic E-state index is 0.189. The Morgan fingerprint density at radius 1 is 1.42 bits per heavy atom. The molecule has 0 atom stereocenters. The number of carbonyl (C=O) groups excluding carboxylic acids is 1. The molecule has 104 valence electrons. The molecule has 1 aromatic carbocycles. The lowest BCUT2D eigenvalue weighted by molar-refractivity contribution is -0.122. The molecule has 1 fully saturated rings. The van der Waals surface area contributed by atoms with Gasteiger partial charge in [-0.3, -0.25) is 4.79 Å². The number of hydrogen-bond acceptors (Lipinski definition) is 3. The molecule has 0 unspecified atom stereocenters. The molecule has 5 heteroatoms. The van der Waals surface area contributed by atoms with Crippen LogP contribution in [0.4, 0.5) is 0 Å². The van der Waals surface area contributed by atoms with Crippen molar-refractivity contribution in [3.05, 3.63) is 28.8 Å². The third-order valence-corrected chi connectivity index (χ3v) is 3.39. The molecule has 0 spiro atoms. The minimum Gasteiger partial charge on any atom is -0.495 e. The van der Waals surface area contributed by atoms with Crippen LogP contribution in [0.1, 0.15) is 18.4 Å². The molecular formula is C14H19ClN2O2. The molecule has 4 nitrogen and oxygen atoms in total. The second-order valence-corrected chi connectivity index (χ2v) is 5.12. The number of hydrogen-bond donors (Lipinski definition) is 2. The van der Waals surface area contributed by atoms with Gasteiger partial charge in [0.25, 0.3) is 0 Å². The highest BCUT2D eigenvalue weighted by atomic mass is 35.5. The van der Waals surface area contributed by atoms with Gasteiger partial charge >= 0.3 is 0 Å². The smallest absolute Gasteiger partial charge is 0.223 e. The summed E-state index contributed by atoms with van der Waals surface area (Å²) >= 11 is 6.04. The van der Waals surface area contributed by atoms with Crippen LogP contribution >= 0.6 is 11.6 Å². The largest absolute Gasteiger partial charge is 0.495 e. The first-order chi connectivity index (χ1) is 9.20. The van der Waals surface area contributed by atoms with Crippen LogP contribution in [0.15, 0.2) is 18.2 Å². The van der Waals surface area contributed by atoms with Crippen molar-refractivity contribution in [3.8, 4) is 5.75 Å². The Labute approximate surface area is 118 Å². The number of methoxy groups -OCH3 is 1. The number of carbonyl (C=O) groups is 1. The van der Waals surface area contributed by atoms with Crippen LogP contribution in [0.25, 0.3) is 0 Å². The van der Waals surface area contributed by atoms with Crippen LogP contribution in [0, 0.1) is 5.92 Å². The molecule has 1 saturated carbocycles. The van der Waals surface area contributed by atoms with Crippen molar-refractivity contribution in [2.75, 3.05) is 20.2 Å². The van der Waals surface area contributed by atoms with Crippen molar-refractivity contribution < 1.29 is 9.53 Å². The number of rotatable bonds is 7. The van der Waals surface area contributed by atoms with Gasteiger partial charge < -0.3 is 15.4 Å². The second kappa shape index (κ2) is 6.78. The summed E-state index contributed by atoms with van der Waals surface area (Å²) in [5, 5.41) is 6.79. The van der Waals surface area contributed by atoms with Crippen LogP contribution < -0.4 is 15.4 Å². The zero-order valence-corrected chi connectivity index (χ0v) is 11.8. The lowest BCUT2D eigenvalue weighted by Crippen LogP contribution is -2.32. The normalized spacial score (nSPS) is 14.2. The SMILES string of the molecule is COc1ccc(CNCCNC(=O)C2CC2)cc1Cl. The van der Waals surface area contributed by atoms with Crippen LogP contribution in [0.2, 0.25) is 5.02 Å². The first-order valence-electron chi connectivity index (χ1n) is 6.51. The van der Waals surface area contributed by atoms with Gasteiger partial charge in [-0.15, -0.1) is 0 Å². The van der Waals surface area contributed by atoms with Gasteiger partial charge in [0.05, 0.1) is 12.1 Å². The number of nitrogens with one attached hydrogen (secondary N) is 2. The van der Waals surface area contributed by atoms with E-state index in [9.17, 15) is 4.79 Å². The first-order valence-corrected chi connectivity index (χ1v) is 6.89. The maximum absolute atomic E-state index is 11.4. The van der Waals surface area contributed by atoms with Gasteiger partial charge in [0.15, 0.2) is 0 Å². The third kappa shape index (κ3) is 4.40. The topological polar surface area (TPSA) is 50.4 Å². The number of benzene rings is 1. The van der Waals surface area contributed by atoms with Crippen LogP contribution in [0.3, 0.4) is 0 Å². The van der Waals surface area contributed by atoms with E-state index in [-0.39, 0.29) is 11.8 Å². The Morgan fingerprint density at radius 2 is 2.21 bits per heavy atom. The predicted octanol–water partition coefficient (Wildman–Crippen LogP) is 1.96. The molecule has 19 heavy (non-hydrogen) atoms. The van der Waals surface area contributed by atoms with Gasteiger partial charge in [0.2, 0.25) is 5.91 Å². The van der Waals surface area contributed by atoms with Gasteiger partial charge in [0, 0.05) is 25.6 Å². The summed E-state index contributed by atoms with van der Waals surface area (Å²) in [5.41, 5.74) is 1.10. The molecule has 0 saturated heterocycles. The molecule has 0 radical (unpaired) electrons. The van der Waals surface area contributed by atoms with Crippen molar-refractivity contribution in [2.45, 2.75) is 19.4 Å². The zero-order valence-electron chi connectivity index (χ0n) is 11.0. The summed E-state index contributed by atoms with van der Waals surface area (Å²) in [6.45, 7) is 2.14. The molecule has 2 rings (SSSR count). The van der Waals surface area contributed by atoms with Crippen LogP contribution in [-0.4, -0.2) is 26.1 Å². The zero-order chi connectivity index (χ0) is 13.7. The van der Waals surface area contributed by atoms with E-state index < -0.39 is 0 Å². The van der Waals surface area contributed by atoms with Gasteiger partial charge in [-0.2, -0.15) is 0 Å². The van der Waals surface area contributed by atoms with E-state index in [4.69, 9.17) is 16.3 Å². The lowest BCUT2D eigenvalue weighted by Gasteiger charge is -2.08. The van der Waals surface area contributed by atoms with Gasteiger partial charge in [0.1, 0.15) is 5.75 Å². The molecule has 1 amide bonds. The summed E-state index contributed by atoms with van der Waals surface area (Å²) in [4.78, 5) is 11.4. The van der Waals surface area contributed by atoms with E-state index in [0.717, 1.165) is 31.5 Å². The summed E-state index contributed by atoms with van der Waals surface area (Å²) in [5.74, 6) is 1.15. The fourth-order valence-corrected chi connectivity index (χ4v) is 2.10.